The number of hydrogen-bond donors (Lipinski definition) is 2. The highest BCUT2D eigenvalue weighted by atomic mass is 79.9. The molecule has 0 aromatic heterocycles. The van der Waals surface area contributed by atoms with Crippen LogP contribution in [0.25, 0.3) is 0 Å². The quantitative estimate of drug-likeness (QED) is 0.651. The Morgan fingerprint density at radius 3 is 2.46 bits per heavy atom. The van der Waals surface area contributed by atoms with Crippen LogP contribution in [-0.4, -0.2) is 38.2 Å². The molecular weight excluding hydrogens is 446 g/mol. The third kappa shape index (κ3) is 5.63. The smallest absolute Gasteiger partial charge is 0.255 e. The Kier molecular flexibility index (Phi) is 7.34. The highest BCUT2D eigenvalue weighted by Crippen LogP contribution is 2.22. The van der Waals surface area contributed by atoms with Gasteiger partial charge in [-0.2, -0.15) is 0 Å². The van der Waals surface area contributed by atoms with Crippen molar-refractivity contribution in [3.8, 4) is 0 Å². The standard InChI is InChI=1S/C19H22BrN3O4S/c1-3-10-23(12-18(24)22-17-7-5-4-6-13(17)2)19(25)15-11-14(28(21,26)27)8-9-16(15)20/h4-9,11H,3,10,12H2,1-2H3,(H,22,24)(H2,21,26,27). The van der Waals surface area contributed by atoms with Gasteiger partial charge in [0.1, 0.15) is 6.54 Å². The molecule has 0 atom stereocenters. The number of anilines is 1. The van der Waals surface area contributed by atoms with E-state index in [0.717, 1.165) is 5.56 Å². The zero-order valence-electron chi connectivity index (χ0n) is 15.6. The molecule has 0 radical (unpaired) electrons. The van der Waals surface area contributed by atoms with Gasteiger partial charge in [0.05, 0.1) is 10.5 Å². The van der Waals surface area contributed by atoms with Crippen LogP contribution in [0.2, 0.25) is 0 Å². The average molecular weight is 468 g/mol. The van der Waals surface area contributed by atoms with E-state index in [2.05, 4.69) is 21.2 Å². The van der Waals surface area contributed by atoms with Crippen LogP contribution >= 0.6 is 15.9 Å². The second kappa shape index (κ2) is 9.31. The SMILES string of the molecule is CCCN(CC(=O)Nc1ccccc1C)C(=O)c1cc(S(N)(=O)=O)ccc1Br. The maximum Gasteiger partial charge on any atom is 0.255 e. The third-order valence-electron chi connectivity index (χ3n) is 4.03. The van der Waals surface area contributed by atoms with Crippen molar-refractivity contribution < 1.29 is 18.0 Å². The van der Waals surface area contributed by atoms with Crippen LogP contribution in [0.3, 0.4) is 0 Å². The topological polar surface area (TPSA) is 110 Å². The largest absolute Gasteiger partial charge is 0.329 e. The van der Waals surface area contributed by atoms with E-state index < -0.39 is 15.9 Å². The van der Waals surface area contributed by atoms with Crippen molar-refractivity contribution >= 4 is 43.5 Å². The van der Waals surface area contributed by atoms with Crippen LogP contribution in [0.4, 0.5) is 5.69 Å². The summed E-state index contributed by atoms with van der Waals surface area (Å²) in [4.78, 5) is 26.6. The van der Waals surface area contributed by atoms with Gasteiger partial charge in [0, 0.05) is 16.7 Å². The summed E-state index contributed by atoms with van der Waals surface area (Å²) in [5, 5.41) is 7.95. The molecule has 0 spiro atoms. The highest BCUT2D eigenvalue weighted by molar-refractivity contribution is 9.10. The molecule has 2 rings (SSSR count). The van der Waals surface area contributed by atoms with Crippen LogP contribution in [0.5, 0.6) is 0 Å². The molecule has 0 aliphatic heterocycles. The van der Waals surface area contributed by atoms with Crippen LogP contribution in [-0.2, 0) is 14.8 Å². The Balaban J connectivity index is 2.25. The number of nitrogens with one attached hydrogen (secondary N) is 1. The number of primary sulfonamides is 1. The number of nitrogens with two attached hydrogens (primary N) is 1. The van der Waals surface area contributed by atoms with Crippen LogP contribution in [0.15, 0.2) is 51.8 Å². The highest BCUT2D eigenvalue weighted by Gasteiger charge is 2.22. The maximum atomic E-state index is 13.0. The summed E-state index contributed by atoms with van der Waals surface area (Å²) in [7, 11) is -3.95. The minimum absolute atomic E-state index is 0.128. The molecule has 150 valence electrons. The number of aryl methyl sites for hydroxylation is 1. The lowest BCUT2D eigenvalue weighted by Gasteiger charge is -2.22. The summed E-state index contributed by atoms with van der Waals surface area (Å²) in [6, 6.07) is 11.3. The van der Waals surface area contributed by atoms with Crippen molar-refractivity contribution in [2.75, 3.05) is 18.4 Å². The number of nitrogens with zero attached hydrogens (tertiary/aromatic N) is 1. The van der Waals surface area contributed by atoms with Crippen molar-refractivity contribution in [2.45, 2.75) is 25.2 Å². The Morgan fingerprint density at radius 1 is 1.18 bits per heavy atom. The number of amides is 2. The lowest BCUT2D eigenvalue weighted by atomic mass is 10.2. The minimum Gasteiger partial charge on any atom is -0.329 e. The molecule has 2 amide bonds. The monoisotopic (exact) mass is 467 g/mol. The molecule has 2 aromatic carbocycles. The summed E-state index contributed by atoms with van der Waals surface area (Å²) < 4.78 is 23.6. The molecule has 7 nitrogen and oxygen atoms in total. The third-order valence-corrected chi connectivity index (χ3v) is 5.63. The van der Waals surface area contributed by atoms with E-state index in [-0.39, 0.29) is 22.9 Å². The first-order chi connectivity index (χ1) is 13.1. The minimum atomic E-state index is -3.95. The molecule has 0 saturated heterocycles. The van der Waals surface area contributed by atoms with E-state index in [4.69, 9.17) is 5.14 Å². The summed E-state index contributed by atoms with van der Waals surface area (Å²) >= 11 is 3.26. The second-order valence-electron chi connectivity index (χ2n) is 6.28. The van der Waals surface area contributed by atoms with E-state index in [0.29, 0.717) is 23.1 Å². The number of sulfonamides is 1. The molecule has 28 heavy (non-hydrogen) atoms. The number of benzene rings is 2. The van der Waals surface area contributed by atoms with Crippen molar-refractivity contribution in [1.29, 1.82) is 0 Å². The second-order valence-corrected chi connectivity index (χ2v) is 8.69. The van der Waals surface area contributed by atoms with Crippen molar-refractivity contribution in [2.24, 2.45) is 5.14 Å². The first-order valence-corrected chi connectivity index (χ1v) is 10.9. The molecule has 0 bridgehead atoms. The number of halogens is 1. The molecule has 0 unspecified atom stereocenters. The molecule has 0 aliphatic carbocycles. The molecule has 0 aliphatic rings. The van der Waals surface area contributed by atoms with Gasteiger partial charge in [0.15, 0.2) is 0 Å². The fraction of sp³-hybridized carbons (Fsp3) is 0.263. The normalized spacial score (nSPS) is 11.1. The fourth-order valence-electron chi connectivity index (χ4n) is 2.61. The average Bonchev–Trinajstić information content (AvgIpc) is 2.62. The first-order valence-electron chi connectivity index (χ1n) is 8.60. The number of hydrogen-bond acceptors (Lipinski definition) is 4. The predicted molar refractivity (Wildman–Crippen MR) is 112 cm³/mol. The molecule has 0 saturated carbocycles. The van der Waals surface area contributed by atoms with Gasteiger partial charge in [-0.05, 0) is 59.1 Å². The lowest BCUT2D eigenvalue weighted by molar-refractivity contribution is -0.116. The van der Waals surface area contributed by atoms with Crippen molar-refractivity contribution in [1.82, 2.24) is 4.90 Å². The van der Waals surface area contributed by atoms with Crippen LogP contribution in [0.1, 0.15) is 29.3 Å². The van der Waals surface area contributed by atoms with Gasteiger partial charge in [0.2, 0.25) is 15.9 Å². The van der Waals surface area contributed by atoms with E-state index in [1.54, 1.807) is 6.07 Å². The van der Waals surface area contributed by atoms with Gasteiger partial charge in [-0.15, -0.1) is 0 Å². The van der Waals surface area contributed by atoms with Gasteiger partial charge in [0.25, 0.3) is 5.91 Å². The summed E-state index contributed by atoms with van der Waals surface area (Å²) in [6.07, 6.45) is 0.635. The van der Waals surface area contributed by atoms with E-state index >= 15 is 0 Å². The van der Waals surface area contributed by atoms with Gasteiger partial charge < -0.3 is 10.2 Å². The van der Waals surface area contributed by atoms with Gasteiger partial charge in [-0.25, -0.2) is 13.6 Å². The predicted octanol–water partition coefficient (Wildman–Crippen LogP) is 2.90. The maximum absolute atomic E-state index is 13.0. The van der Waals surface area contributed by atoms with Crippen molar-refractivity contribution in [3.05, 3.63) is 58.1 Å². The summed E-state index contributed by atoms with van der Waals surface area (Å²) in [6.45, 7) is 3.94. The number of para-hydroxylation sites is 1. The Hall–Kier alpha value is -2.23. The zero-order valence-corrected chi connectivity index (χ0v) is 18.0. The first kappa shape index (κ1) is 22.1. The Labute approximate surface area is 173 Å². The molecular formula is C19H22BrN3O4S. The molecule has 3 N–H and O–H groups in total. The van der Waals surface area contributed by atoms with E-state index in [1.165, 1.54) is 23.1 Å². The van der Waals surface area contributed by atoms with Crippen molar-refractivity contribution in [3.63, 3.8) is 0 Å². The van der Waals surface area contributed by atoms with Crippen LogP contribution in [0, 0.1) is 6.92 Å². The zero-order chi connectivity index (χ0) is 20.9. The number of carbonyl (C=O) groups excluding carboxylic acids is 2. The summed E-state index contributed by atoms with van der Waals surface area (Å²) in [5.41, 5.74) is 1.71. The Bertz CT molecular complexity index is 992. The lowest BCUT2D eigenvalue weighted by Crippen LogP contribution is -2.38. The van der Waals surface area contributed by atoms with E-state index in [9.17, 15) is 18.0 Å². The molecule has 2 aromatic rings. The van der Waals surface area contributed by atoms with E-state index in [1.807, 2.05) is 32.0 Å². The fourth-order valence-corrected chi connectivity index (χ4v) is 3.57. The molecule has 0 heterocycles. The summed E-state index contributed by atoms with van der Waals surface area (Å²) in [5.74, 6) is -0.797. The Morgan fingerprint density at radius 2 is 1.86 bits per heavy atom. The van der Waals surface area contributed by atoms with Gasteiger partial charge >= 0.3 is 0 Å². The van der Waals surface area contributed by atoms with Gasteiger partial charge in [-0.3, -0.25) is 9.59 Å². The van der Waals surface area contributed by atoms with Crippen LogP contribution < -0.4 is 10.5 Å². The van der Waals surface area contributed by atoms with Gasteiger partial charge in [-0.1, -0.05) is 25.1 Å². The molecule has 0 fully saturated rings. The number of rotatable bonds is 7. The molecule has 9 heteroatoms. The number of carbonyl (C=O) groups is 2.